The SMILES string of the molecule is Cc1ccc2c(oc3c(-c4cccc(-c5ccccc5)c4)c(C#N)cnc32)c1-c1cc(F)cc[n+]1C. The Morgan fingerprint density at radius 1 is 0.861 bits per heavy atom. The van der Waals surface area contributed by atoms with Gasteiger partial charge in [0.15, 0.2) is 17.4 Å². The minimum atomic E-state index is -0.320. The Bertz CT molecular complexity index is 1830. The normalized spacial score (nSPS) is 11.2. The zero-order valence-electron chi connectivity index (χ0n) is 19.8. The third-order valence-corrected chi connectivity index (χ3v) is 6.61. The summed E-state index contributed by atoms with van der Waals surface area (Å²) in [5.41, 5.74) is 8.42. The summed E-state index contributed by atoms with van der Waals surface area (Å²) in [5.74, 6) is -0.320. The van der Waals surface area contributed by atoms with E-state index >= 15 is 0 Å². The summed E-state index contributed by atoms with van der Waals surface area (Å²) >= 11 is 0. The second-order valence-electron chi connectivity index (χ2n) is 8.86. The van der Waals surface area contributed by atoms with Gasteiger partial charge < -0.3 is 4.42 Å². The molecule has 172 valence electrons. The van der Waals surface area contributed by atoms with Crippen LogP contribution in [0.15, 0.2) is 95.7 Å². The molecule has 3 heterocycles. The molecule has 0 N–H and O–H groups in total. The fraction of sp³-hybridized carbons (Fsp3) is 0.0645. The number of rotatable bonds is 3. The third kappa shape index (κ3) is 3.43. The van der Waals surface area contributed by atoms with Crippen LogP contribution in [0.25, 0.3) is 55.6 Å². The molecular formula is C31H21FN3O+. The molecule has 0 aliphatic rings. The summed E-state index contributed by atoms with van der Waals surface area (Å²) in [4.78, 5) is 4.61. The molecule has 0 aliphatic carbocycles. The molecule has 0 spiro atoms. The fourth-order valence-electron chi connectivity index (χ4n) is 4.83. The van der Waals surface area contributed by atoms with E-state index in [-0.39, 0.29) is 5.82 Å². The van der Waals surface area contributed by atoms with Gasteiger partial charge in [-0.05, 0) is 41.3 Å². The van der Waals surface area contributed by atoms with Crippen molar-refractivity contribution in [2.45, 2.75) is 6.92 Å². The van der Waals surface area contributed by atoms with Gasteiger partial charge in [0.2, 0.25) is 5.69 Å². The second-order valence-corrected chi connectivity index (χ2v) is 8.86. The quantitative estimate of drug-likeness (QED) is 0.259. The van der Waals surface area contributed by atoms with Crippen LogP contribution in [0.1, 0.15) is 11.1 Å². The van der Waals surface area contributed by atoms with Crippen LogP contribution in [0.5, 0.6) is 0 Å². The topological polar surface area (TPSA) is 53.7 Å². The molecule has 6 aromatic rings. The largest absolute Gasteiger partial charge is 0.453 e. The predicted octanol–water partition coefficient (Wildman–Crippen LogP) is 7.13. The number of aryl methyl sites for hydroxylation is 2. The summed E-state index contributed by atoms with van der Waals surface area (Å²) in [6, 6.07) is 27.4. The van der Waals surface area contributed by atoms with Gasteiger partial charge in [0, 0.05) is 29.3 Å². The maximum absolute atomic E-state index is 14.2. The first-order valence-corrected chi connectivity index (χ1v) is 11.6. The van der Waals surface area contributed by atoms with Crippen LogP contribution < -0.4 is 4.57 Å². The number of nitrogens with zero attached hydrogens (tertiary/aromatic N) is 3. The van der Waals surface area contributed by atoms with Crippen LogP contribution in [-0.4, -0.2) is 4.98 Å². The summed E-state index contributed by atoms with van der Waals surface area (Å²) in [6.07, 6.45) is 3.29. The van der Waals surface area contributed by atoms with Crippen LogP contribution in [0.3, 0.4) is 0 Å². The average molecular weight is 471 g/mol. The van der Waals surface area contributed by atoms with Crippen LogP contribution in [0.4, 0.5) is 4.39 Å². The van der Waals surface area contributed by atoms with E-state index in [1.165, 1.54) is 12.1 Å². The lowest BCUT2D eigenvalue weighted by Crippen LogP contribution is -2.30. The molecule has 0 radical (unpaired) electrons. The number of pyridine rings is 2. The van der Waals surface area contributed by atoms with Crippen LogP contribution in [0, 0.1) is 24.1 Å². The smallest absolute Gasteiger partial charge is 0.219 e. The molecule has 6 rings (SSSR count). The molecule has 3 aromatic heterocycles. The van der Waals surface area contributed by atoms with Gasteiger partial charge in [0.25, 0.3) is 0 Å². The van der Waals surface area contributed by atoms with Crippen molar-refractivity contribution in [2.24, 2.45) is 7.05 Å². The molecule has 0 saturated carbocycles. The minimum absolute atomic E-state index is 0.320. The number of hydrogen-bond acceptors (Lipinski definition) is 3. The van der Waals surface area contributed by atoms with Crippen molar-refractivity contribution in [3.05, 3.63) is 108 Å². The molecule has 0 saturated heterocycles. The Balaban J connectivity index is 1.67. The summed E-state index contributed by atoms with van der Waals surface area (Å²) in [5, 5.41) is 10.8. The van der Waals surface area contributed by atoms with Gasteiger partial charge in [-0.25, -0.2) is 8.96 Å². The highest BCUT2D eigenvalue weighted by Crippen LogP contribution is 2.41. The van der Waals surface area contributed by atoms with E-state index in [1.54, 1.807) is 12.4 Å². The van der Waals surface area contributed by atoms with Crippen molar-refractivity contribution >= 4 is 22.1 Å². The summed E-state index contributed by atoms with van der Waals surface area (Å²) < 4.78 is 22.6. The molecule has 4 nitrogen and oxygen atoms in total. The van der Waals surface area contributed by atoms with E-state index in [0.29, 0.717) is 33.5 Å². The highest BCUT2D eigenvalue weighted by Gasteiger charge is 2.24. The first-order valence-electron chi connectivity index (χ1n) is 11.6. The lowest BCUT2D eigenvalue weighted by molar-refractivity contribution is -0.660. The summed E-state index contributed by atoms with van der Waals surface area (Å²) in [6.45, 7) is 1.98. The van der Waals surface area contributed by atoms with Crippen LogP contribution in [0.2, 0.25) is 0 Å². The number of halogens is 1. The average Bonchev–Trinajstić information content (AvgIpc) is 3.28. The van der Waals surface area contributed by atoms with E-state index in [2.05, 4.69) is 29.3 Å². The molecule has 0 amide bonds. The Morgan fingerprint density at radius 2 is 1.64 bits per heavy atom. The van der Waals surface area contributed by atoms with E-state index in [0.717, 1.165) is 33.2 Å². The highest BCUT2D eigenvalue weighted by molar-refractivity contribution is 6.12. The monoisotopic (exact) mass is 470 g/mol. The van der Waals surface area contributed by atoms with Gasteiger partial charge in [0.05, 0.1) is 11.1 Å². The lowest BCUT2D eigenvalue weighted by atomic mass is 9.96. The standard InChI is InChI=1S/C31H21FN3O/c1-19-11-12-25-29-31(36-30(25)27(19)26-16-24(32)13-14-35(26)2)28(23(17-33)18-34-29)22-10-6-9-21(15-22)20-7-4-3-5-8-20/h3-16,18H,1-2H3/q+1. The van der Waals surface area contributed by atoms with Gasteiger partial charge in [-0.15, -0.1) is 0 Å². The van der Waals surface area contributed by atoms with Crippen LogP contribution >= 0.6 is 0 Å². The number of nitriles is 1. The second kappa shape index (κ2) is 8.44. The maximum atomic E-state index is 14.2. The first kappa shape index (κ1) is 21.7. The maximum Gasteiger partial charge on any atom is 0.219 e. The number of hydrogen-bond donors (Lipinski definition) is 0. The Morgan fingerprint density at radius 3 is 2.44 bits per heavy atom. The van der Waals surface area contributed by atoms with Crippen molar-refractivity contribution in [1.29, 1.82) is 5.26 Å². The van der Waals surface area contributed by atoms with E-state index in [9.17, 15) is 9.65 Å². The van der Waals surface area contributed by atoms with E-state index in [1.807, 2.05) is 67.1 Å². The molecule has 0 unspecified atom stereocenters. The first-order chi connectivity index (χ1) is 17.5. The highest BCUT2D eigenvalue weighted by atomic mass is 19.1. The van der Waals surface area contributed by atoms with E-state index in [4.69, 9.17) is 4.42 Å². The Hall–Kier alpha value is -4.82. The number of furan rings is 1. The number of benzene rings is 3. The molecular weight excluding hydrogens is 449 g/mol. The molecule has 36 heavy (non-hydrogen) atoms. The molecule has 0 fully saturated rings. The van der Waals surface area contributed by atoms with Crippen molar-refractivity contribution in [2.75, 3.05) is 0 Å². The van der Waals surface area contributed by atoms with Gasteiger partial charge in [-0.2, -0.15) is 5.26 Å². The zero-order valence-corrected chi connectivity index (χ0v) is 19.8. The molecule has 5 heteroatoms. The van der Waals surface area contributed by atoms with Crippen molar-refractivity contribution < 1.29 is 13.4 Å². The Labute approximate surface area is 207 Å². The lowest BCUT2D eigenvalue weighted by Gasteiger charge is -2.08. The molecule has 0 aliphatic heterocycles. The van der Waals surface area contributed by atoms with Gasteiger partial charge in [-0.3, -0.25) is 4.98 Å². The number of fused-ring (bicyclic) bond motifs is 3. The van der Waals surface area contributed by atoms with Crippen molar-refractivity contribution in [3.8, 4) is 39.6 Å². The third-order valence-electron chi connectivity index (χ3n) is 6.61. The van der Waals surface area contributed by atoms with Gasteiger partial charge >= 0.3 is 0 Å². The van der Waals surface area contributed by atoms with Gasteiger partial charge in [0.1, 0.15) is 24.5 Å². The molecule has 0 atom stereocenters. The van der Waals surface area contributed by atoms with Crippen molar-refractivity contribution in [1.82, 2.24) is 4.98 Å². The minimum Gasteiger partial charge on any atom is -0.453 e. The predicted molar refractivity (Wildman–Crippen MR) is 138 cm³/mol. The Kier molecular flexibility index (Phi) is 5.09. The molecule has 0 bridgehead atoms. The molecule has 3 aromatic carbocycles. The van der Waals surface area contributed by atoms with Crippen LogP contribution in [-0.2, 0) is 7.05 Å². The number of aromatic nitrogens is 2. The van der Waals surface area contributed by atoms with Gasteiger partial charge in [-0.1, -0.05) is 54.6 Å². The van der Waals surface area contributed by atoms with Crippen molar-refractivity contribution in [3.63, 3.8) is 0 Å². The summed E-state index contributed by atoms with van der Waals surface area (Å²) in [7, 11) is 1.88. The zero-order chi connectivity index (χ0) is 24.8. The van der Waals surface area contributed by atoms with E-state index < -0.39 is 0 Å². The fourth-order valence-corrected chi connectivity index (χ4v) is 4.83.